The highest BCUT2D eigenvalue weighted by Crippen LogP contribution is 2.20. The van der Waals surface area contributed by atoms with Gasteiger partial charge < -0.3 is 10.2 Å². The van der Waals surface area contributed by atoms with E-state index in [1.807, 2.05) is 18.0 Å². The Kier molecular flexibility index (Phi) is 8.00. The molecule has 1 aromatic rings. The molecule has 0 aromatic carbocycles. The van der Waals surface area contributed by atoms with Gasteiger partial charge in [-0.05, 0) is 44.7 Å². The van der Waals surface area contributed by atoms with Crippen molar-refractivity contribution in [2.45, 2.75) is 45.7 Å². The minimum Gasteiger partial charge on any atom is -0.370 e. The summed E-state index contributed by atoms with van der Waals surface area (Å²) in [7, 11) is 2.14. The molecule has 3 nitrogen and oxygen atoms in total. The van der Waals surface area contributed by atoms with Gasteiger partial charge in [0.15, 0.2) is 0 Å². The van der Waals surface area contributed by atoms with E-state index < -0.39 is 0 Å². The van der Waals surface area contributed by atoms with Crippen LogP contribution < -0.4 is 10.2 Å². The Morgan fingerprint density at radius 1 is 1.35 bits per heavy atom. The van der Waals surface area contributed by atoms with Crippen LogP contribution in [0.4, 0.5) is 5.69 Å². The third-order valence-corrected chi connectivity index (χ3v) is 4.47. The molecular formula is C16H29N3S. The summed E-state index contributed by atoms with van der Waals surface area (Å²) in [6.45, 7) is 7.70. The van der Waals surface area contributed by atoms with Crippen molar-refractivity contribution >= 4 is 17.4 Å². The zero-order valence-corrected chi connectivity index (χ0v) is 14.3. The molecule has 0 spiro atoms. The standard InChI is InChI=1S/C16H29N3S/c1-6-10-17-15(7-2)16-9-8-14(11-18-16)19(4)13(3)12-20-5/h8-9,11,13,15,17H,6-7,10,12H2,1-5H3. The van der Waals surface area contributed by atoms with Gasteiger partial charge in [0.1, 0.15) is 0 Å². The quantitative estimate of drug-likeness (QED) is 0.751. The Balaban J connectivity index is 2.71. The van der Waals surface area contributed by atoms with Crippen LogP contribution in [-0.4, -0.2) is 36.6 Å². The molecule has 0 bridgehead atoms. The van der Waals surface area contributed by atoms with E-state index >= 15 is 0 Å². The topological polar surface area (TPSA) is 28.2 Å². The monoisotopic (exact) mass is 295 g/mol. The molecule has 0 fully saturated rings. The van der Waals surface area contributed by atoms with Gasteiger partial charge >= 0.3 is 0 Å². The van der Waals surface area contributed by atoms with Gasteiger partial charge in [0, 0.05) is 24.9 Å². The van der Waals surface area contributed by atoms with Crippen molar-refractivity contribution in [2.24, 2.45) is 0 Å². The van der Waals surface area contributed by atoms with Crippen LogP contribution in [0.3, 0.4) is 0 Å². The van der Waals surface area contributed by atoms with Gasteiger partial charge in [-0.25, -0.2) is 0 Å². The molecule has 20 heavy (non-hydrogen) atoms. The zero-order chi connectivity index (χ0) is 15.0. The predicted molar refractivity (Wildman–Crippen MR) is 91.8 cm³/mol. The Bertz CT molecular complexity index is 345. The molecule has 0 saturated carbocycles. The van der Waals surface area contributed by atoms with Crippen molar-refractivity contribution in [1.82, 2.24) is 10.3 Å². The first-order valence-corrected chi connectivity index (χ1v) is 8.94. The number of hydrogen-bond donors (Lipinski definition) is 1. The molecule has 1 N–H and O–H groups in total. The lowest BCUT2D eigenvalue weighted by molar-refractivity contribution is 0.507. The van der Waals surface area contributed by atoms with Crippen molar-refractivity contribution in [2.75, 3.05) is 30.5 Å². The van der Waals surface area contributed by atoms with Crippen LogP contribution in [0.5, 0.6) is 0 Å². The van der Waals surface area contributed by atoms with Gasteiger partial charge in [-0.1, -0.05) is 13.8 Å². The highest BCUT2D eigenvalue weighted by atomic mass is 32.2. The van der Waals surface area contributed by atoms with Crippen molar-refractivity contribution in [3.8, 4) is 0 Å². The highest BCUT2D eigenvalue weighted by Gasteiger charge is 2.12. The maximum absolute atomic E-state index is 4.66. The molecule has 114 valence electrons. The molecular weight excluding hydrogens is 266 g/mol. The lowest BCUT2D eigenvalue weighted by atomic mass is 10.1. The molecule has 0 saturated heterocycles. The van der Waals surface area contributed by atoms with Gasteiger partial charge in [-0.15, -0.1) is 0 Å². The molecule has 4 heteroatoms. The van der Waals surface area contributed by atoms with Crippen LogP contribution >= 0.6 is 11.8 Å². The molecule has 0 aliphatic carbocycles. The molecule has 2 atom stereocenters. The second-order valence-corrected chi connectivity index (χ2v) is 6.18. The number of anilines is 1. The van der Waals surface area contributed by atoms with E-state index in [0.29, 0.717) is 12.1 Å². The van der Waals surface area contributed by atoms with E-state index in [1.54, 1.807) is 0 Å². The van der Waals surface area contributed by atoms with Gasteiger partial charge in [0.05, 0.1) is 17.6 Å². The highest BCUT2D eigenvalue weighted by molar-refractivity contribution is 7.98. The van der Waals surface area contributed by atoms with Crippen LogP contribution in [0.1, 0.15) is 45.3 Å². The number of hydrogen-bond acceptors (Lipinski definition) is 4. The zero-order valence-electron chi connectivity index (χ0n) is 13.5. The van der Waals surface area contributed by atoms with Crippen molar-refractivity contribution in [3.63, 3.8) is 0 Å². The third-order valence-electron chi connectivity index (χ3n) is 3.65. The van der Waals surface area contributed by atoms with Crippen LogP contribution in [0.2, 0.25) is 0 Å². The van der Waals surface area contributed by atoms with Crippen molar-refractivity contribution in [1.29, 1.82) is 0 Å². The molecule has 0 radical (unpaired) electrons. The van der Waals surface area contributed by atoms with Crippen LogP contribution in [-0.2, 0) is 0 Å². The Morgan fingerprint density at radius 3 is 2.60 bits per heavy atom. The Labute approximate surface area is 128 Å². The summed E-state index contributed by atoms with van der Waals surface area (Å²) in [4.78, 5) is 6.95. The maximum Gasteiger partial charge on any atom is 0.0574 e. The fraction of sp³-hybridized carbons (Fsp3) is 0.688. The van der Waals surface area contributed by atoms with Gasteiger partial charge in [0.2, 0.25) is 0 Å². The first-order valence-electron chi connectivity index (χ1n) is 7.55. The molecule has 0 aliphatic rings. The molecule has 0 amide bonds. The van der Waals surface area contributed by atoms with E-state index in [4.69, 9.17) is 0 Å². The summed E-state index contributed by atoms with van der Waals surface area (Å²) in [6.07, 6.45) is 6.38. The number of nitrogens with one attached hydrogen (secondary N) is 1. The van der Waals surface area contributed by atoms with E-state index in [2.05, 4.69) is 61.4 Å². The summed E-state index contributed by atoms with van der Waals surface area (Å²) in [6, 6.07) is 5.25. The van der Waals surface area contributed by atoms with E-state index in [-0.39, 0.29) is 0 Å². The average molecular weight is 295 g/mol. The Morgan fingerprint density at radius 2 is 2.10 bits per heavy atom. The van der Waals surface area contributed by atoms with Gasteiger partial charge in [-0.3, -0.25) is 4.98 Å². The van der Waals surface area contributed by atoms with Gasteiger partial charge in [0.25, 0.3) is 0 Å². The largest absolute Gasteiger partial charge is 0.370 e. The second kappa shape index (κ2) is 9.24. The Hall–Kier alpha value is -0.740. The summed E-state index contributed by atoms with van der Waals surface area (Å²) in [5, 5.41) is 3.55. The lowest BCUT2D eigenvalue weighted by Crippen LogP contribution is -2.31. The fourth-order valence-electron chi connectivity index (χ4n) is 2.20. The molecule has 1 heterocycles. The van der Waals surface area contributed by atoms with Crippen molar-refractivity contribution < 1.29 is 0 Å². The summed E-state index contributed by atoms with van der Waals surface area (Å²) in [5.74, 6) is 1.13. The van der Waals surface area contributed by atoms with E-state index in [1.165, 1.54) is 5.69 Å². The summed E-state index contributed by atoms with van der Waals surface area (Å²) < 4.78 is 0. The third kappa shape index (κ3) is 4.98. The van der Waals surface area contributed by atoms with E-state index in [0.717, 1.165) is 30.8 Å². The predicted octanol–water partition coefficient (Wildman–Crippen LogP) is 3.72. The van der Waals surface area contributed by atoms with Crippen LogP contribution in [0.25, 0.3) is 0 Å². The van der Waals surface area contributed by atoms with E-state index in [9.17, 15) is 0 Å². The number of aromatic nitrogens is 1. The molecule has 1 rings (SSSR count). The molecule has 0 aliphatic heterocycles. The number of nitrogens with zero attached hydrogens (tertiary/aromatic N) is 2. The maximum atomic E-state index is 4.66. The SMILES string of the molecule is CCCNC(CC)c1ccc(N(C)C(C)CSC)cn1. The molecule has 2 unspecified atom stereocenters. The van der Waals surface area contributed by atoms with Crippen LogP contribution in [0, 0.1) is 0 Å². The first kappa shape index (κ1) is 17.3. The fourth-order valence-corrected chi connectivity index (χ4v) is 2.90. The normalized spacial score (nSPS) is 14.1. The summed E-state index contributed by atoms with van der Waals surface area (Å²) in [5.41, 5.74) is 2.34. The number of pyridine rings is 1. The van der Waals surface area contributed by atoms with Crippen molar-refractivity contribution in [3.05, 3.63) is 24.0 Å². The minimum atomic E-state index is 0.373. The minimum absolute atomic E-state index is 0.373. The molecule has 1 aromatic heterocycles. The summed E-state index contributed by atoms with van der Waals surface area (Å²) >= 11 is 1.88. The first-order chi connectivity index (χ1) is 9.63. The lowest BCUT2D eigenvalue weighted by Gasteiger charge is -2.26. The number of rotatable bonds is 9. The number of thioether (sulfide) groups is 1. The second-order valence-electron chi connectivity index (χ2n) is 5.27. The van der Waals surface area contributed by atoms with Gasteiger partial charge in [-0.2, -0.15) is 11.8 Å². The average Bonchev–Trinajstić information content (AvgIpc) is 2.48. The van der Waals surface area contributed by atoms with Crippen LogP contribution in [0.15, 0.2) is 18.3 Å². The smallest absolute Gasteiger partial charge is 0.0574 e.